The lowest BCUT2D eigenvalue weighted by molar-refractivity contribution is 0.465. The third kappa shape index (κ3) is 7.06. The fourth-order valence-electron chi connectivity index (χ4n) is 1.03. The highest BCUT2D eigenvalue weighted by atomic mass is 127. The van der Waals surface area contributed by atoms with E-state index in [1.165, 1.54) is 25.7 Å². The molecule has 0 amide bonds. The van der Waals surface area contributed by atoms with Gasteiger partial charge in [-0.1, -0.05) is 33.1 Å². The molecule has 0 heterocycles. The van der Waals surface area contributed by atoms with E-state index in [0.29, 0.717) is 6.04 Å². The maximum absolute atomic E-state index is 3.23. The molecular formula is C9H20IN. The number of halogens is 1. The van der Waals surface area contributed by atoms with Crippen LogP contribution in [-0.4, -0.2) is 6.04 Å². The van der Waals surface area contributed by atoms with E-state index in [4.69, 9.17) is 0 Å². The van der Waals surface area contributed by atoms with Crippen LogP contribution >= 0.6 is 22.9 Å². The zero-order valence-electron chi connectivity index (χ0n) is 7.86. The molecule has 0 spiro atoms. The summed E-state index contributed by atoms with van der Waals surface area (Å²) in [5.41, 5.74) is 0. The molecule has 68 valence electrons. The SMILES string of the molecule is CC[C@H](C)CCCC(C)NI. The Labute approximate surface area is 84.8 Å². The third-order valence-corrected chi connectivity index (χ3v) is 3.28. The first-order valence-electron chi connectivity index (χ1n) is 4.56. The van der Waals surface area contributed by atoms with Crippen molar-refractivity contribution in [3.05, 3.63) is 0 Å². The summed E-state index contributed by atoms with van der Waals surface area (Å²) in [6.07, 6.45) is 5.39. The number of hydrogen-bond acceptors (Lipinski definition) is 1. The molecule has 0 aliphatic rings. The van der Waals surface area contributed by atoms with Crippen molar-refractivity contribution in [1.29, 1.82) is 0 Å². The predicted molar refractivity (Wildman–Crippen MR) is 59.9 cm³/mol. The van der Waals surface area contributed by atoms with Gasteiger partial charge in [-0.05, 0) is 19.3 Å². The molecule has 0 radical (unpaired) electrons. The monoisotopic (exact) mass is 269 g/mol. The molecule has 2 atom stereocenters. The van der Waals surface area contributed by atoms with Gasteiger partial charge in [0.2, 0.25) is 0 Å². The van der Waals surface area contributed by atoms with Crippen LogP contribution in [0, 0.1) is 5.92 Å². The van der Waals surface area contributed by atoms with Crippen molar-refractivity contribution in [3.63, 3.8) is 0 Å². The molecule has 0 aliphatic carbocycles. The molecule has 1 nitrogen and oxygen atoms in total. The first-order valence-corrected chi connectivity index (χ1v) is 5.64. The van der Waals surface area contributed by atoms with Crippen molar-refractivity contribution in [2.24, 2.45) is 5.92 Å². The summed E-state index contributed by atoms with van der Waals surface area (Å²) in [6, 6.07) is 0.680. The zero-order chi connectivity index (χ0) is 8.69. The summed E-state index contributed by atoms with van der Waals surface area (Å²) < 4.78 is 3.23. The second-order valence-electron chi connectivity index (χ2n) is 3.45. The molecule has 0 saturated heterocycles. The van der Waals surface area contributed by atoms with Crippen LogP contribution in [0.1, 0.15) is 46.5 Å². The standard InChI is InChI=1S/C9H20IN/c1-4-8(2)6-5-7-9(3)11-10/h8-9,11H,4-7H2,1-3H3/t8-,9?/m0/s1. The van der Waals surface area contributed by atoms with E-state index >= 15 is 0 Å². The fraction of sp³-hybridized carbons (Fsp3) is 1.00. The van der Waals surface area contributed by atoms with Crippen molar-refractivity contribution < 1.29 is 0 Å². The maximum atomic E-state index is 3.23. The molecular weight excluding hydrogens is 249 g/mol. The number of rotatable bonds is 6. The Morgan fingerprint density at radius 1 is 1.27 bits per heavy atom. The van der Waals surface area contributed by atoms with Crippen molar-refractivity contribution in [3.8, 4) is 0 Å². The van der Waals surface area contributed by atoms with Crippen LogP contribution in [0.2, 0.25) is 0 Å². The molecule has 0 bridgehead atoms. The molecule has 1 N–H and O–H groups in total. The first-order chi connectivity index (χ1) is 5.20. The fourth-order valence-corrected chi connectivity index (χ4v) is 1.34. The van der Waals surface area contributed by atoms with E-state index in [1.807, 2.05) is 0 Å². The summed E-state index contributed by atoms with van der Waals surface area (Å²) in [5.74, 6) is 0.913. The summed E-state index contributed by atoms with van der Waals surface area (Å²) >= 11 is 2.23. The van der Waals surface area contributed by atoms with E-state index in [2.05, 4.69) is 47.2 Å². The Hall–Kier alpha value is 0.690. The number of hydrogen-bond donors (Lipinski definition) is 1. The van der Waals surface area contributed by atoms with Gasteiger partial charge in [0.25, 0.3) is 0 Å². The van der Waals surface area contributed by atoms with Crippen LogP contribution in [0.5, 0.6) is 0 Å². The van der Waals surface area contributed by atoms with Crippen LogP contribution in [0.3, 0.4) is 0 Å². The molecule has 0 aromatic rings. The van der Waals surface area contributed by atoms with E-state index in [9.17, 15) is 0 Å². The van der Waals surface area contributed by atoms with Crippen molar-refractivity contribution >= 4 is 22.9 Å². The highest BCUT2D eigenvalue weighted by molar-refractivity contribution is 14.1. The predicted octanol–water partition coefficient (Wildman–Crippen LogP) is 3.53. The zero-order valence-corrected chi connectivity index (χ0v) is 10.0. The van der Waals surface area contributed by atoms with Gasteiger partial charge in [-0.25, -0.2) is 0 Å². The smallest absolute Gasteiger partial charge is 0.0172 e. The van der Waals surface area contributed by atoms with Gasteiger partial charge in [0.1, 0.15) is 0 Å². The largest absolute Gasteiger partial charge is 0.258 e. The first kappa shape index (κ1) is 11.7. The summed E-state index contributed by atoms with van der Waals surface area (Å²) in [4.78, 5) is 0. The molecule has 0 aromatic heterocycles. The second-order valence-corrected chi connectivity index (χ2v) is 4.08. The van der Waals surface area contributed by atoms with Gasteiger partial charge >= 0.3 is 0 Å². The van der Waals surface area contributed by atoms with Crippen LogP contribution in [-0.2, 0) is 0 Å². The summed E-state index contributed by atoms with van der Waals surface area (Å²) in [5, 5.41) is 0. The van der Waals surface area contributed by atoms with E-state index in [1.54, 1.807) is 0 Å². The normalized spacial score (nSPS) is 16.4. The highest BCUT2D eigenvalue weighted by Crippen LogP contribution is 2.12. The Morgan fingerprint density at radius 2 is 1.91 bits per heavy atom. The molecule has 0 saturated carbocycles. The van der Waals surface area contributed by atoms with Gasteiger partial charge < -0.3 is 0 Å². The van der Waals surface area contributed by atoms with Gasteiger partial charge in [0.15, 0.2) is 0 Å². The van der Waals surface area contributed by atoms with Crippen molar-refractivity contribution in [2.45, 2.75) is 52.5 Å². The molecule has 0 aromatic carbocycles. The maximum Gasteiger partial charge on any atom is 0.0172 e. The second kappa shape index (κ2) is 7.35. The topological polar surface area (TPSA) is 12.0 Å². The van der Waals surface area contributed by atoms with E-state index in [0.717, 1.165) is 5.92 Å². The van der Waals surface area contributed by atoms with Crippen LogP contribution in [0.15, 0.2) is 0 Å². The highest BCUT2D eigenvalue weighted by Gasteiger charge is 2.01. The lowest BCUT2D eigenvalue weighted by atomic mass is 10.0. The molecule has 2 heteroatoms. The van der Waals surface area contributed by atoms with Crippen LogP contribution in [0.25, 0.3) is 0 Å². The van der Waals surface area contributed by atoms with Crippen LogP contribution in [0.4, 0.5) is 0 Å². The Morgan fingerprint density at radius 3 is 2.36 bits per heavy atom. The minimum Gasteiger partial charge on any atom is -0.258 e. The van der Waals surface area contributed by atoms with E-state index in [-0.39, 0.29) is 0 Å². The average molecular weight is 269 g/mol. The molecule has 11 heavy (non-hydrogen) atoms. The Bertz CT molecular complexity index is 75.6. The number of nitrogens with one attached hydrogen (secondary N) is 1. The van der Waals surface area contributed by atoms with Gasteiger partial charge in [-0.3, -0.25) is 3.53 Å². The summed E-state index contributed by atoms with van der Waals surface area (Å²) in [6.45, 7) is 6.84. The van der Waals surface area contributed by atoms with Crippen molar-refractivity contribution in [2.75, 3.05) is 0 Å². The minimum atomic E-state index is 0.680. The quantitative estimate of drug-likeness (QED) is 0.574. The van der Waals surface area contributed by atoms with Gasteiger partial charge in [-0.2, -0.15) is 0 Å². The third-order valence-electron chi connectivity index (χ3n) is 2.22. The molecule has 0 rings (SSSR count). The Balaban J connectivity index is 3.13. The van der Waals surface area contributed by atoms with Crippen LogP contribution < -0.4 is 3.53 Å². The molecule has 1 unspecified atom stereocenters. The van der Waals surface area contributed by atoms with Gasteiger partial charge in [-0.15, -0.1) is 0 Å². The summed E-state index contributed by atoms with van der Waals surface area (Å²) in [7, 11) is 0. The molecule has 0 aliphatic heterocycles. The van der Waals surface area contributed by atoms with Crippen molar-refractivity contribution in [1.82, 2.24) is 3.53 Å². The molecule has 0 fully saturated rings. The van der Waals surface area contributed by atoms with Gasteiger partial charge in [0, 0.05) is 28.9 Å². The van der Waals surface area contributed by atoms with Gasteiger partial charge in [0.05, 0.1) is 0 Å². The average Bonchev–Trinajstić information content (AvgIpc) is 2.04. The minimum absolute atomic E-state index is 0.680. The lowest BCUT2D eigenvalue weighted by Gasteiger charge is -2.10. The lowest BCUT2D eigenvalue weighted by Crippen LogP contribution is -2.15. The Kier molecular flexibility index (Phi) is 7.81. The van der Waals surface area contributed by atoms with E-state index < -0.39 is 0 Å².